The number of fused-ring (bicyclic) bond motifs is 2. The lowest BCUT2D eigenvalue weighted by molar-refractivity contribution is -0.00716. The highest BCUT2D eigenvalue weighted by atomic mass is 16.5. The summed E-state index contributed by atoms with van der Waals surface area (Å²) in [7, 11) is 1.82. The molecule has 4 rings (SSSR count). The second-order valence-corrected chi connectivity index (χ2v) is 7.27. The number of aryl methyl sites for hydroxylation is 2. The van der Waals surface area contributed by atoms with E-state index in [1.165, 1.54) is 0 Å². The van der Waals surface area contributed by atoms with Crippen LogP contribution in [0.2, 0.25) is 0 Å². The molecule has 2 aromatic heterocycles. The quantitative estimate of drug-likeness (QED) is 0.832. The maximum atomic E-state index is 13.3. The van der Waals surface area contributed by atoms with E-state index in [2.05, 4.69) is 19.9 Å². The van der Waals surface area contributed by atoms with Crippen molar-refractivity contribution in [1.82, 2.24) is 29.4 Å². The fraction of sp³-hybridized carbons (Fsp3) is 0.667. The van der Waals surface area contributed by atoms with Crippen molar-refractivity contribution in [2.75, 3.05) is 7.05 Å². The maximum absolute atomic E-state index is 13.3. The highest BCUT2D eigenvalue weighted by Gasteiger charge is 2.33. The first kappa shape index (κ1) is 17.2. The van der Waals surface area contributed by atoms with Gasteiger partial charge in [0, 0.05) is 38.5 Å². The van der Waals surface area contributed by atoms with E-state index in [1.54, 1.807) is 4.90 Å². The molecule has 140 valence electrons. The first-order valence-corrected chi connectivity index (χ1v) is 9.41. The van der Waals surface area contributed by atoms with Gasteiger partial charge in [0.15, 0.2) is 5.82 Å². The van der Waals surface area contributed by atoms with Crippen LogP contribution in [0.15, 0.2) is 0 Å². The zero-order valence-corrected chi connectivity index (χ0v) is 15.9. The Morgan fingerprint density at radius 3 is 2.92 bits per heavy atom. The number of carbonyl (C=O) groups excluding carboxylic acids is 1. The van der Waals surface area contributed by atoms with E-state index in [0.29, 0.717) is 18.8 Å². The lowest BCUT2D eigenvalue weighted by atomic mass is 9.99. The molecular weight excluding hydrogens is 332 g/mol. The van der Waals surface area contributed by atoms with Crippen molar-refractivity contribution < 1.29 is 9.53 Å². The van der Waals surface area contributed by atoms with Gasteiger partial charge in [0.05, 0.1) is 24.4 Å². The van der Waals surface area contributed by atoms with Crippen LogP contribution in [0, 0.1) is 0 Å². The average Bonchev–Trinajstić information content (AvgIpc) is 3.29. The fourth-order valence-corrected chi connectivity index (χ4v) is 4.05. The second-order valence-electron chi connectivity index (χ2n) is 7.27. The molecule has 4 heterocycles. The topological polar surface area (TPSA) is 78.1 Å². The Balaban J connectivity index is 1.63. The van der Waals surface area contributed by atoms with Crippen molar-refractivity contribution in [3.05, 3.63) is 28.6 Å². The van der Waals surface area contributed by atoms with Crippen molar-refractivity contribution in [2.45, 2.75) is 71.9 Å². The third-order valence-electron chi connectivity index (χ3n) is 5.31. The summed E-state index contributed by atoms with van der Waals surface area (Å²) in [5, 5.41) is 13.2. The predicted molar refractivity (Wildman–Crippen MR) is 94.7 cm³/mol. The monoisotopic (exact) mass is 358 g/mol. The third-order valence-corrected chi connectivity index (χ3v) is 5.31. The molecule has 1 amide bonds. The number of rotatable bonds is 4. The minimum atomic E-state index is -0.0850. The summed E-state index contributed by atoms with van der Waals surface area (Å²) in [6.45, 7) is 8.10. The summed E-state index contributed by atoms with van der Waals surface area (Å²) in [6, 6.07) is 0. The van der Waals surface area contributed by atoms with Gasteiger partial charge < -0.3 is 14.2 Å². The molecule has 0 bridgehead atoms. The fourth-order valence-electron chi connectivity index (χ4n) is 4.05. The van der Waals surface area contributed by atoms with E-state index < -0.39 is 0 Å². The highest BCUT2D eigenvalue weighted by Crippen LogP contribution is 2.32. The normalized spacial score (nSPS) is 21.5. The number of hydrogen-bond acceptors (Lipinski definition) is 5. The smallest absolute Gasteiger partial charge is 0.272 e. The number of amides is 1. The molecule has 8 heteroatoms. The number of carbonyl (C=O) groups is 1. The summed E-state index contributed by atoms with van der Waals surface area (Å²) in [5.74, 6) is 1.86. The molecule has 2 aliphatic rings. The zero-order chi connectivity index (χ0) is 18.4. The summed E-state index contributed by atoms with van der Waals surface area (Å²) in [6.07, 6.45) is 2.79. The number of aromatic nitrogens is 5. The molecule has 0 spiro atoms. The molecule has 0 radical (unpaired) electrons. The van der Waals surface area contributed by atoms with Gasteiger partial charge in [-0.25, -0.2) is 0 Å². The summed E-state index contributed by atoms with van der Waals surface area (Å²) >= 11 is 0. The molecule has 0 aromatic carbocycles. The average molecular weight is 358 g/mol. The molecule has 2 atom stereocenters. The summed E-state index contributed by atoms with van der Waals surface area (Å²) in [5.41, 5.74) is 2.61. The zero-order valence-electron chi connectivity index (χ0n) is 15.9. The molecule has 0 fully saturated rings. The van der Waals surface area contributed by atoms with E-state index in [0.717, 1.165) is 48.7 Å². The van der Waals surface area contributed by atoms with Crippen molar-refractivity contribution in [3.8, 4) is 0 Å². The maximum Gasteiger partial charge on any atom is 0.272 e. The minimum absolute atomic E-state index is 0.0164. The minimum Gasteiger partial charge on any atom is -0.369 e. The largest absolute Gasteiger partial charge is 0.369 e. The van der Waals surface area contributed by atoms with E-state index in [1.807, 2.05) is 32.5 Å². The van der Waals surface area contributed by atoms with Crippen LogP contribution in [-0.2, 0) is 37.2 Å². The van der Waals surface area contributed by atoms with E-state index in [9.17, 15) is 4.79 Å². The van der Waals surface area contributed by atoms with Gasteiger partial charge in [-0.3, -0.25) is 9.48 Å². The Bertz CT molecular complexity index is 839. The molecule has 8 nitrogen and oxygen atoms in total. The molecule has 0 aliphatic carbocycles. The molecule has 0 saturated carbocycles. The SMILES string of the molecule is CCn1nc2c(c1C(=O)N(C)Cc1nnc3n1CCC3)C[C@H](C)O[C@@H]2C. The van der Waals surface area contributed by atoms with Crippen LogP contribution in [0.3, 0.4) is 0 Å². The predicted octanol–water partition coefficient (Wildman–Crippen LogP) is 1.74. The molecule has 0 N–H and O–H groups in total. The Morgan fingerprint density at radius 1 is 1.35 bits per heavy atom. The van der Waals surface area contributed by atoms with E-state index in [4.69, 9.17) is 4.74 Å². The van der Waals surface area contributed by atoms with Gasteiger partial charge in [0.2, 0.25) is 0 Å². The van der Waals surface area contributed by atoms with Gasteiger partial charge in [-0.2, -0.15) is 5.10 Å². The van der Waals surface area contributed by atoms with Crippen molar-refractivity contribution in [1.29, 1.82) is 0 Å². The van der Waals surface area contributed by atoms with Crippen LogP contribution in [0.1, 0.15) is 66.7 Å². The Hall–Kier alpha value is -2.22. The lowest BCUT2D eigenvalue weighted by Gasteiger charge is -2.25. The standard InChI is InChI=1S/C18H26N6O2/c1-5-24-17(13-9-11(2)26-12(3)16(13)21-24)18(25)22(4)10-15-20-19-14-7-6-8-23(14)15/h11-12H,5-10H2,1-4H3/t11-,12+/m0/s1. The molecular formula is C18H26N6O2. The second kappa shape index (κ2) is 6.50. The summed E-state index contributed by atoms with van der Waals surface area (Å²) < 4.78 is 9.83. The van der Waals surface area contributed by atoms with E-state index >= 15 is 0 Å². The number of nitrogens with zero attached hydrogens (tertiary/aromatic N) is 6. The van der Waals surface area contributed by atoms with Gasteiger partial charge in [-0.05, 0) is 27.2 Å². The first-order chi connectivity index (χ1) is 12.5. The van der Waals surface area contributed by atoms with Crippen LogP contribution in [0.4, 0.5) is 0 Å². The van der Waals surface area contributed by atoms with Gasteiger partial charge in [-0.15, -0.1) is 10.2 Å². The van der Waals surface area contributed by atoms with Crippen LogP contribution >= 0.6 is 0 Å². The van der Waals surface area contributed by atoms with Crippen molar-refractivity contribution in [3.63, 3.8) is 0 Å². The van der Waals surface area contributed by atoms with Crippen molar-refractivity contribution in [2.24, 2.45) is 0 Å². The van der Waals surface area contributed by atoms with Crippen LogP contribution < -0.4 is 0 Å². The molecule has 26 heavy (non-hydrogen) atoms. The Labute approximate surface area is 153 Å². The van der Waals surface area contributed by atoms with Crippen LogP contribution in [0.25, 0.3) is 0 Å². The van der Waals surface area contributed by atoms with Crippen LogP contribution in [0.5, 0.6) is 0 Å². The van der Waals surface area contributed by atoms with Crippen molar-refractivity contribution >= 4 is 5.91 Å². The third kappa shape index (κ3) is 2.72. The molecule has 2 aliphatic heterocycles. The van der Waals surface area contributed by atoms with E-state index in [-0.39, 0.29) is 18.1 Å². The Kier molecular flexibility index (Phi) is 4.30. The number of ether oxygens (including phenoxy) is 1. The van der Waals surface area contributed by atoms with Gasteiger partial charge >= 0.3 is 0 Å². The molecule has 0 saturated heterocycles. The first-order valence-electron chi connectivity index (χ1n) is 9.41. The number of hydrogen-bond donors (Lipinski definition) is 0. The highest BCUT2D eigenvalue weighted by molar-refractivity contribution is 5.94. The summed E-state index contributed by atoms with van der Waals surface area (Å²) in [4.78, 5) is 15.0. The Morgan fingerprint density at radius 2 is 2.15 bits per heavy atom. The molecule has 0 unspecified atom stereocenters. The molecule has 2 aromatic rings. The lowest BCUT2D eigenvalue weighted by Crippen LogP contribution is -2.31. The van der Waals surface area contributed by atoms with Crippen LogP contribution in [-0.4, -0.2) is 48.5 Å². The van der Waals surface area contributed by atoms with Gasteiger partial charge in [0.1, 0.15) is 11.5 Å². The van der Waals surface area contributed by atoms with Gasteiger partial charge in [-0.1, -0.05) is 0 Å². The van der Waals surface area contributed by atoms with Gasteiger partial charge in [0.25, 0.3) is 5.91 Å².